The lowest BCUT2D eigenvalue weighted by Gasteiger charge is -2.28. The van der Waals surface area contributed by atoms with Crippen molar-refractivity contribution >= 4 is 34.6 Å². The number of fused-ring (bicyclic) bond motifs is 2. The van der Waals surface area contributed by atoms with E-state index >= 15 is 0 Å². The van der Waals surface area contributed by atoms with E-state index in [9.17, 15) is 19.7 Å². The number of non-ortho nitro benzene ring substituents is 1. The molecule has 3 aromatic rings. The highest BCUT2D eigenvalue weighted by molar-refractivity contribution is 6.24. The fourth-order valence-corrected chi connectivity index (χ4v) is 4.56. The first-order valence-electron chi connectivity index (χ1n) is 11.0. The van der Waals surface area contributed by atoms with Crippen molar-refractivity contribution in [1.29, 1.82) is 0 Å². The van der Waals surface area contributed by atoms with Crippen molar-refractivity contribution in [2.75, 3.05) is 11.9 Å². The van der Waals surface area contributed by atoms with Gasteiger partial charge in [0.2, 0.25) is 11.8 Å². The molecule has 0 aromatic heterocycles. The van der Waals surface area contributed by atoms with E-state index in [1.165, 1.54) is 17.7 Å². The Labute approximate surface area is 196 Å². The van der Waals surface area contributed by atoms with Crippen LogP contribution >= 0.6 is 0 Å². The predicted octanol–water partition coefficient (Wildman–Crippen LogP) is 4.36. The molecule has 1 N–H and O–H groups in total. The molecule has 0 fully saturated rings. The highest BCUT2D eigenvalue weighted by Crippen LogP contribution is 2.38. The second kappa shape index (κ2) is 8.55. The number of carbonyl (C=O) groups is 2. The summed E-state index contributed by atoms with van der Waals surface area (Å²) in [5.41, 5.74) is 5.13. The third kappa shape index (κ3) is 3.94. The Bertz CT molecular complexity index is 1350. The summed E-state index contributed by atoms with van der Waals surface area (Å²) in [5.74, 6) is -1.04. The van der Waals surface area contributed by atoms with Crippen molar-refractivity contribution in [3.63, 3.8) is 0 Å². The van der Waals surface area contributed by atoms with Gasteiger partial charge in [-0.3, -0.25) is 24.7 Å². The number of nitro groups is 1. The van der Waals surface area contributed by atoms with Gasteiger partial charge in [0, 0.05) is 43.4 Å². The summed E-state index contributed by atoms with van der Waals surface area (Å²) in [6, 6.07) is 19.6. The molecule has 0 radical (unpaired) electrons. The molecule has 170 valence electrons. The minimum Gasteiger partial charge on any atom is -0.338 e. The number of nitrogens with zero attached hydrogens (tertiary/aromatic N) is 3. The van der Waals surface area contributed by atoms with E-state index in [2.05, 4.69) is 5.32 Å². The van der Waals surface area contributed by atoms with E-state index in [0.29, 0.717) is 35.7 Å². The number of carbonyl (C=O) groups excluding carboxylic acids is 2. The summed E-state index contributed by atoms with van der Waals surface area (Å²) >= 11 is 0. The molecule has 3 aromatic carbocycles. The van der Waals surface area contributed by atoms with Gasteiger partial charge in [0.25, 0.3) is 5.69 Å². The Balaban J connectivity index is 1.62. The minimum atomic E-state index is -0.790. The van der Waals surface area contributed by atoms with Gasteiger partial charge in [-0.1, -0.05) is 36.4 Å². The van der Waals surface area contributed by atoms with Crippen molar-refractivity contribution < 1.29 is 14.5 Å². The molecule has 2 amide bonds. The molecule has 34 heavy (non-hydrogen) atoms. The molecule has 8 nitrogen and oxygen atoms in total. The zero-order valence-electron chi connectivity index (χ0n) is 18.5. The molecule has 0 saturated heterocycles. The van der Waals surface area contributed by atoms with Crippen LogP contribution in [0.1, 0.15) is 35.1 Å². The fraction of sp³-hybridized carbons (Fsp3) is 0.192. The number of hydrogen-bond acceptors (Lipinski definition) is 5. The van der Waals surface area contributed by atoms with Gasteiger partial charge in [-0.2, -0.15) is 0 Å². The van der Waals surface area contributed by atoms with Gasteiger partial charge in [-0.25, -0.2) is 0 Å². The molecule has 1 atom stereocenters. The largest absolute Gasteiger partial charge is 0.338 e. The fourth-order valence-electron chi connectivity index (χ4n) is 4.56. The quantitative estimate of drug-likeness (QED) is 0.359. The van der Waals surface area contributed by atoms with Crippen LogP contribution in [-0.4, -0.2) is 33.9 Å². The Kier molecular flexibility index (Phi) is 5.41. The number of anilines is 1. The number of aliphatic imine (C=N–C) groups is 1. The SMILES string of the molecule is CC(=O)N1CCc2ccc(N=C(c3ccccc3)C3C(=O)Nc4ccc([N+](=O)[O-])cc43)cc2C1. The second-order valence-corrected chi connectivity index (χ2v) is 8.46. The second-order valence-electron chi connectivity index (χ2n) is 8.46. The van der Waals surface area contributed by atoms with Crippen molar-refractivity contribution in [2.24, 2.45) is 4.99 Å². The van der Waals surface area contributed by atoms with Crippen LogP contribution in [0, 0.1) is 10.1 Å². The van der Waals surface area contributed by atoms with Crippen LogP contribution in [0.2, 0.25) is 0 Å². The van der Waals surface area contributed by atoms with Crippen LogP contribution in [0.25, 0.3) is 0 Å². The van der Waals surface area contributed by atoms with E-state index in [1.807, 2.05) is 48.5 Å². The van der Waals surface area contributed by atoms with E-state index in [0.717, 1.165) is 17.5 Å². The first-order chi connectivity index (χ1) is 16.4. The number of rotatable bonds is 4. The number of nitro benzene ring substituents is 1. The Morgan fingerprint density at radius 1 is 1.09 bits per heavy atom. The molecular weight excluding hydrogens is 432 g/mol. The van der Waals surface area contributed by atoms with Gasteiger partial charge in [0.15, 0.2) is 0 Å². The lowest BCUT2D eigenvalue weighted by atomic mass is 9.90. The maximum absolute atomic E-state index is 13.1. The first kappa shape index (κ1) is 21.5. The number of amides is 2. The van der Waals surface area contributed by atoms with Crippen LogP contribution < -0.4 is 5.32 Å². The average molecular weight is 454 g/mol. The molecule has 0 spiro atoms. The smallest absolute Gasteiger partial charge is 0.269 e. The molecule has 1 unspecified atom stereocenters. The van der Waals surface area contributed by atoms with Crippen LogP contribution in [0.3, 0.4) is 0 Å². The van der Waals surface area contributed by atoms with Gasteiger partial charge < -0.3 is 10.2 Å². The lowest BCUT2D eigenvalue weighted by molar-refractivity contribution is -0.384. The van der Waals surface area contributed by atoms with Gasteiger partial charge in [-0.05, 0) is 41.3 Å². The highest BCUT2D eigenvalue weighted by atomic mass is 16.6. The molecule has 0 saturated carbocycles. The number of hydrogen-bond donors (Lipinski definition) is 1. The normalized spacial score (nSPS) is 17.1. The molecule has 2 heterocycles. The zero-order valence-corrected chi connectivity index (χ0v) is 18.5. The van der Waals surface area contributed by atoms with E-state index < -0.39 is 10.8 Å². The summed E-state index contributed by atoms with van der Waals surface area (Å²) in [4.78, 5) is 42.5. The molecule has 2 aliphatic heterocycles. The standard InChI is InChI=1S/C26H22N4O4/c1-16(31)29-12-11-17-7-8-20(13-19(17)15-29)27-25(18-5-3-2-4-6-18)24-22-14-21(30(33)34)9-10-23(22)28-26(24)32/h2-10,13-14,24H,11-12,15H2,1H3,(H,28,32). The van der Waals surface area contributed by atoms with Crippen molar-refractivity contribution in [3.8, 4) is 0 Å². The maximum Gasteiger partial charge on any atom is 0.269 e. The van der Waals surface area contributed by atoms with E-state index in [-0.39, 0.29) is 17.5 Å². The average Bonchev–Trinajstić information content (AvgIpc) is 3.17. The third-order valence-electron chi connectivity index (χ3n) is 6.32. The Hall–Kier alpha value is -4.33. The summed E-state index contributed by atoms with van der Waals surface area (Å²) in [6.07, 6.45) is 0.784. The van der Waals surface area contributed by atoms with Gasteiger partial charge in [-0.15, -0.1) is 0 Å². The van der Waals surface area contributed by atoms with E-state index in [4.69, 9.17) is 4.99 Å². The Morgan fingerprint density at radius 3 is 2.62 bits per heavy atom. The minimum absolute atomic E-state index is 0.0327. The summed E-state index contributed by atoms with van der Waals surface area (Å²) in [6.45, 7) is 2.78. The highest BCUT2D eigenvalue weighted by Gasteiger charge is 2.36. The Morgan fingerprint density at radius 2 is 1.88 bits per heavy atom. The van der Waals surface area contributed by atoms with Crippen LogP contribution in [0.15, 0.2) is 71.7 Å². The zero-order chi connectivity index (χ0) is 23.8. The molecule has 2 aliphatic rings. The van der Waals surface area contributed by atoms with Crippen LogP contribution in [0.4, 0.5) is 17.1 Å². The monoisotopic (exact) mass is 454 g/mol. The summed E-state index contributed by atoms with van der Waals surface area (Å²) in [5, 5.41) is 14.2. The van der Waals surface area contributed by atoms with Crippen LogP contribution in [-0.2, 0) is 22.6 Å². The maximum atomic E-state index is 13.1. The molecular formula is C26H22N4O4. The van der Waals surface area contributed by atoms with Crippen molar-refractivity contribution in [3.05, 3.63) is 99.1 Å². The topological polar surface area (TPSA) is 105 Å². The van der Waals surface area contributed by atoms with E-state index in [1.54, 1.807) is 17.9 Å². The van der Waals surface area contributed by atoms with Gasteiger partial charge in [0.05, 0.1) is 16.3 Å². The molecule has 5 rings (SSSR count). The molecule has 8 heteroatoms. The summed E-state index contributed by atoms with van der Waals surface area (Å²) < 4.78 is 0. The first-order valence-corrected chi connectivity index (χ1v) is 11.0. The van der Waals surface area contributed by atoms with Gasteiger partial charge in [0.1, 0.15) is 5.92 Å². The molecule has 0 aliphatic carbocycles. The predicted molar refractivity (Wildman–Crippen MR) is 128 cm³/mol. The lowest BCUT2D eigenvalue weighted by Crippen LogP contribution is -2.34. The van der Waals surface area contributed by atoms with Gasteiger partial charge >= 0.3 is 0 Å². The summed E-state index contributed by atoms with van der Waals surface area (Å²) in [7, 11) is 0. The van der Waals surface area contributed by atoms with Crippen LogP contribution in [0.5, 0.6) is 0 Å². The number of nitrogens with one attached hydrogen (secondary N) is 1. The van der Waals surface area contributed by atoms with Crippen molar-refractivity contribution in [2.45, 2.75) is 25.8 Å². The van der Waals surface area contributed by atoms with Crippen molar-refractivity contribution in [1.82, 2.24) is 4.90 Å². The third-order valence-corrected chi connectivity index (χ3v) is 6.32. The molecule has 0 bridgehead atoms. The number of benzene rings is 3.